The monoisotopic (exact) mass is 355 g/mol. The summed E-state index contributed by atoms with van der Waals surface area (Å²) in [5.74, 6) is -0.726. The first-order chi connectivity index (χ1) is 11.2. The Labute approximate surface area is 146 Å². The van der Waals surface area contributed by atoms with Crippen LogP contribution in [-0.2, 0) is 14.3 Å². The number of amides is 1. The standard InChI is InChI=1S/C17H22ClNO5/c1-16(2,24-13-6-4-5-12(18)9-13)14(20)19-8-7-17(10-19,11-23-3)15(21)22/h4-6,9H,7-8,10-11H2,1-3H3,(H,21,22). The molecule has 1 saturated heterocycles. The Morgan fingerprint density at radius 2 is 2.12 bits per heavy atom. The van der Waals surface area contributed by atoms with Gasteiger partial charge in [-0.25, -0.2) is 0 Å². The van der Waals surface area contributed by atoms with Gasteiger partial charge in [-0.1, -0.05) is 17.7 Å². The van der Waals surface area contributed by atoms with Crippen molar-refractivity contribution in [3.8, 4) is 5.75 Å². The largest absolute Gasteiger partial charge is 0.481 e. The highest BCUT2D eigenvalue weighted by Crippen LogP contribution is 2.33. The first-order valence-electron chi connectivity index (χ1n) is 7.66. The average molecular weight is 356 g/mol. The zero-order valence-corrected chi connectivity index (χ0v) is 14.8. The van der Waals surface area contributed by atoms with Gasteiger partial charge in [0.25, 0.3) is 5.91 Å². The van der Waals surface area contributed by atoms with E-state index in [0.717, 1.165) is 0 Å². The van der Waals surface area contributed by atoms with Gasteiger partial charge in [0.1, 0.15) is 11.2 Å². The number of carbonyl (C=O) groups is 2. The second kappa shape index (κ2) is 6.99. The van der Waals surface area contributed by atoms with Gasteiger partial charge in [-0.2, -0.15) is 0 Å². The number of halogens is 1. The molecule has 7 heteroatoms. The van der Waals surface area contributed by atoms with Crippen LogP contribution in [0.1, 0.15) is 20.3 Å². The Kier molecular flexibility index (Phi) is 5.40. The number of carboxylic acids is 1. The molecule has 1 aliphatic heterocycles. The van der Waals surface area contributed by atoms with Crippen molar-refractivity contribution >= 4 is 23.5 Å². The molecule has 1 heterocycles. The van der Waals surface area contributed by atoms with E-state index < -0.39 is 17.0 Å². The lowest BCUT2D eigenvalue weighted by molar-refractivity contribution is -0.153. The van der Waals surface area contributed by atoms with Gasteiger partial charge in [0.15, 0.2) is 5.60 Å². The number of carboxylic acid groups (broad SMARTS) is 1. The van der Waals surface area contributed by atoms with Crippen molar-refractivity contribution in [2.45, 2.75) is 25.9 Å². The van der Waals surface area contributed by atoms with Gasteiger partial charge in [0.05, 0.1) is 6.61 Å². The second-order valence-corrected chi connectivity index (χ2v) is 7.00. The molecule has 1 aliphatic rings. The van der Waals surface area contributed by atoms with Crippen molar-refractivity contribution in [1.82, 2.24) is 4.90 Å². The van der Waals surface area contributed by atoms with E-state index in [-0.39, 0.29) is 19.1 Å². The van der Waals surface area contributed by atoms with E-state index in [2.05, 4.69) is 0 Å². The van der Waals surface area contributed by atoms with Gasteiger partial charge in [0.2, 0.25) is 0 Å². The molecule has 1 aromatic rings. The lowest BCUT2D eigenvalue weighted by atomic mass is 9.88. The van der Waals surface area contributed by atoms with E-state index in [4.69, 9.17) is 21.1 Å². The molecule has 2 rings (SSSR count). The molecule has 0 spiro atoms. The molecule has 0 radical (unpaired) electrons. The van der Waals surface area contributed by atoms with Gasteiger partial charge in [-0.15, -0.1) is 0 Å². The maximum atomic E-state index is 12.8. The number of nitrogens with zero attached hydrogens (tertiary/aromatic N) is 1. The van der Waals surface area contributed by atoms with Gasteiger partial charge in [-0.3, -0.25) is 9.59 Å². The van der Waals surface area contributed by atoms with Gasteiger partial charge in [0, 0.05) is 25.2 Å². The van der Waals surface area contributed by atoms with Gasteiger partial charge in [-0.05, 0) is 38.5 Å². The SMILES string of the molecule is COCC1(C(=O)O)CCN(C(=O)C(C)(C)Oc2cccc(Cl)c2)C1. The third kappa shape index (κ3) is 3.82. The molecule has 24 heavy (non-hydrogen) atoms. The summed E-state index contributed by atoms with van der Waals surface area (Å²) >= 11 is 5.93. The van der Waals surface area contributed by atoms with Crippen molar-refractivity contribution in [2.75, 3.05) is 26.8 Å². The summed E-state index contributed by atoms with van der Waals surface area (Å²) in [6.45, 7) is 3.86. The number of benzene rings is 1. The molecule has 1 aromatic carbocycles. The van der Waals surface area contributed by atoms with Crippen LogP contribution in [0.3, 0.4) is 0 Å². The molecule has 1 unspecified atom stereocenters. The Bertz CT molecular complexity index is 633. The van der Waals surface area contributed by atoms with Crippen LogP contribution in [0.4, 0.5) is 0 Å². The summed E-state index contributed by atoms with van der Waals surface area (Å²) in [5.41, 5.74) is -2.19. The van der Waals surface area contributed by atoms with E-state index in [1.54, 1.807) is 38.1 Å². The predicted molar refractivity (Wildman–Crippen MR) is 89.3 cm³/mol. The topological polar surface area (TPSA) is 76.1 Å². The number of hydrogen-bond donors (Lipinski definition) is 1. The average Bonchev–Trinajstić information content (AvgIpc) is 2.92. The van der Waals surface area contributed by atoms with E-state index in [9.17, 15) is 14.7 Å². The third-order valence-corrected chi connectivity index (χ3v) is 4.43. The number of ether oxygens (including phenoxy) is 2. The zero-order valence-electron chi connectivity index (χ0n) is 14.0. The number of rotatable bonds is 6. The summed E-state index contributed by atoms with van der Waals surface area (Å²) in [5, 5.41) is 10.0. The number of likely N-dealkylation sites (tertiary alicyclic amines) is 1. The Morgan fingerprint density at radius 1 is 1.42 bits per heavy atom. The first kappa shape index (κ1) is 18.5. The van der Waals surface area contributed by atoms with Crippen molar-refractivity contribution in [3.05, 3.63) is 29.3 Å². The zero-order chi connectivity index (χ0) is 18.0. The van der Waals surface area contributed by atoms with Gasteiger partial charge < -0.3 is 19.5 Å². The highest BCUT2D eigenvalue weighted by molar-refractivity contribution is 6.30. The van der Waals surface area contributed by atoms with E-state index in [1.807, 2.05) is 0 Å². The molecule has 1 N–H and O–H groups in total. The van der Waals surface area contributed by atoms with Crippen LogP contribution in [0.25, 0.3) is 0 Å². The van der Waals surface area contributed by atoms with Crippen molar-refractivity contribution < 1.29 is 24.2 Å². The number of hydrogen-bond acceptors (Lipinski definition) is 4. The van der Waals surface area contributed by atoms with Crippen molar-refractivity contribution in [3.63, 3.8) is 0 Å². The molecule has 0 aromatic heterocycles. The fourth-order valence-electron chi connectivity index (χ4n) is 2.93. The minimum Gasteiger partial charge on any atom is -0.481 e. The van der Waals surface area contributed by atoms with Crippen molar-refractivity contribution in [1.29, 1.82) is 0 Å². The minimum absolute atomic E-state index is 0.0711. The molecule has 0 saturated carbocycles. The minimum atomic E-state index is -1.13. The number of aliphatic carboxylic acids is 1. The van der Waals surface area contributed by atoms with Crippen LogP contribution in [0, 0.1) is 5.41 Å². The highest BCUT2D eigenvalue weighted by Gasteiger charge is 2.49. The van der Waals surface area contributed by atoms with Crippen LogP contribution in [0.2, 0.25) is 5.02 Å². The van der Waals surface area contributed by atoms with Crippen molar-refractivity contribution in [2.24, 2.45) is 5.41 Å². The lowest BCUT2D eigenvalue weighted by Gasteiger charge is -2.31. The second-order valence-electron chi connectivity index (χ2n) is 6.56. The fraction of sp³-hybridized carbons (Fsp3) is 0.529. The van der Waals surface area contributed by atoms with Crippen LogP contribution < -0.4 is 4.74 Å². The third-order valence-electron chi connectivity index (χ3n) is 4.20. The van der Waals surface area contributed by atoms with E-state index in [1.165, 1.54) is 12.0 Å². The lowest BCUT2D eigenvalue weighted by Crippen LogP contribution is -2.49. The summed E-state index contributed by atoms with van der Waals surface area (Å²) in [4.78, 5) is 25.9. The molecule has 0 aliphatic carbocycles. The molecule has 132 valence electrons. The Hall–Kier alpha value is -1.79. The summed E-state index contributed by atoms with van der Waals surface area (Å²) in [6, 6.07) is 6.81. The Morgan fingerprint density at radius 3 is 2.71 bits per heavy atom. The first-order valence-corrected chi connectivity index (χ1v) is 8.04. The smallest absolute Gasteiger partial charge is 0.313 e. The van der Waals surface area contributed by atoms with E-state index in [0.29, 0.717) is 23.7 Å². The molecule has 6 nitrogen and oxygen atoms in total. The molecular weight excluding hydrogens is 334 g/mol. The van der Waals surface area contributed by atoms with Crippen LogP contribution in [0.5, 0.6) is 5.75 Å². The van der Waals surface area contributed by atoms with Crippen LogP contribution in [-0.4, -0.2) is 54.3 Å². The Balaban J connectivity index is 2.11. The normalized spacial score (nSPS) is 20.9. The maximum absolute atomic E-state index is 12.8. The summed E-state index contributed by atoms with van der Waals surface area (Å²) in [7, 11) is 1.46. The number of methoxy groups -OCH3 is 1. The van der Waals surface area contributed by atoms with Crippen LogP contribution in [0.15, 0.2) is 24.3 Å². The van der Waals surface area contributed by atoms with Gasteiger partial charge >= 0.3 is 5.97 Å². The molecule has 0 bridgehead atoms. The van der Waals surface area contributed by atoms with Crippen LogP contribution >= 0.6 is 11.6 Å². The molecule has 1 atom stereocenters. The highest BCUT2D eigenvalue weighted by atomic mass is 35.5. The molecule has 1 amide bonds. The summed E-state index contributed by atoms with van der Waals surface area (Å²) < 4.78 is 10.8. The maximum Gasteiger partial charge on any atom is 0.313 e. The molecular formula is C17H22ClNO5. The summed E-state index contributed by atoms with van der Waals surface area (Å²) in [6.07, 6.45) is 0.356. The molecule has 1 fully saturated rings. The fourth-order valence-corrected chi connectivity index (χ4v) is 3.11. The number of carbonyl (C=O) groups excluding carboxylic acids is 1. The van der Waals surface area contributed by atoms with E-state index >= 15 is 0 Å². The predicted octanol–water partition coefficient (Wildman–Crippen LogP) is 2.45. The quantitative estimate of drug-likeness (QED) is 0.848.